The van der Waals surface area contributed by atoms with Gasteiger partial charge in [-0.2, -0.15) is 0 Å². The number of aliphatic hydroxyl groups excluding tert-OH is 2. The van der Waals surface area contributed by atoms with Gasteiger partial charge in [0.25, 0.3) is 11.4 Å². The number of carbonyl (C=O) groups excluding carboxylic acids is 1. The van der Waals surface area contributed by atoms with Crippen molar-refractivity contribution in [1.29, 1.82) is 0 Å². The van der Waals surface area contributed by atoms with E-state index in [-0.39, 0.29) is 34.6 Å². The maximum Gasteiger partial charge on any atom is 0.274 e. The lowest BCUT2D eigenvalue weighted by Crippen LogP contribution is -2.37. The molecule has 11 nitrogen and oxygen atoms in total. The molecule has 0 aromatic heterocycles. The lowest BCUT2D eigenvalue weighted by molar-refractivity contribution is -0.385. The van der Waals surface area contributed by atoms with E-state index in [0.29, 0.717) is 6.42 Å². The van der Waals surface area contributed by atoms with E-state index in [0.717, 1.165) is 45.3 Å². The summed E-state index contributed by atoms with van der Waals surface area (Å²) < 4.78 is 0. The van der Waals surface area contributed by atoms with Gasteiger partial charge in [0.2, 0.25) is 5.78 Å². The predicted octanol–water partition coefficient (Wildman–Crippen LogP) is 5.01. The van der Waals surface area contributed by atoms with Crippen LogP contribution in [-0.2, 0) is 4.79 Å². The molecule has 2 unspecified atom stereocenters. The van der Waals surface area contributed by atoms with Crippen molar-refractivity contribution >= 4 is 22.9 Å². The quantitative estimate of drug-likeness (QED) is 0.146. The second-order valence-corrected chi connectivity index (χ2v) is 9.66. The Balaban J connectivity index is 2.01. The van der Waals surface area contributed by atoms with Crippen LogP contribution in [0.25, 0.3) is 5.76 Å². The Morgan fingerprint density at radius 2 is 1.51 bits per heavy atom. The van der Waals surface area contributed by atoms with Gasteiger partial charge in [0, 0.05) is 30.3 Å². The van der Waals surface area contributed by atoms with E-state index in [2.05, 4.69) is 18.7 Å². The first-order valence-electron chi connectivity index (χ1n) is 13.3. The zero-order chi connectivity index (χ0) is 28.5. The van der Waals surface area contributed by atoms with Gasteiger partial charge in [0.15, 0.2) is 6.23 Å². The van der Waals surface area contributed by atoms with Gasteiger partial charge in [0.05, 0.1) is 27.0 Å². The van der Waals surface area contributed by atoms with Crippen molar-refractivity contribution in [3.63, 3.8) is 0 Å². The Labute approximate surface area is 227 Å². The summed E-state index contributed by atoms with van der Waals surface area (Å²) in [6.07, 6.45) is 3.24. The minimum Gasteiger partial charge on any atom is -0.507 e. The van der Waals surface area contributed by atoms with Crippen LogP contribution in [0.2, 0.25) is 0 Å². The summed E-state index contributed by atoms with van der Waals surface area (Å²) in [5.74, 6) is -1.24. The number of carbonyl (C=O) groups is 1. The van der Waals surface area contributed by atoms with E-state index >= 15 is 0 Å². The Hall–Kier alpha value is -3.67. The van der Waals surface area contributed by atoms with Crippen molar-refractivity contribution in [3.05, 3.63) is 85.5 Å². The fraction of sp³-hybridized carbons (Fsp3) is 0.464. The van der Waals surface area contributed by atoms with Gasteiger partial charge in [-0.25, -0.2) is 0 Å². The first-order valence-corrected chi connectivity index (χ1v) is 13.3. The Kier molecular flexibility index (Phi) is 10.7. The highest BCUT2D eigenvalue weighted by molar-refractivity contribution is 6.07. The molecule has 39 heavy (non-hydrogen) atoms. The fourth-order valence-corrected chi connectivity index (χ4v) is 4.92. The standard InChI is InChI=1S/C28H36N4O7/c1-3-5-16-29(17-6-4-2)18-9-19-30-25(22-10-7-8-11-23(22)32(38)39)24(27(34)28(30)35)26(33)20-12-14-21(15-13-20)31(36)37/h7-8,10-15,25,28,33,35H,3-6,9,16-19H2,1-2H3/b26-24-. The largest absolute Gasteiger partial charge is 0.507 e. The molecule has 2 atom stereocenters. The van der Waals surface area contributed by atoms with E-state index in [1.165, 1.54) is 47.4 Å². The maximum absolute atomic E-state index is 13.4. The number of hydrogen-bond donors (Lipinski definition) is 2. The Morgan fingerprint density at radius 3 is 2.08 bits per heavy atom. The molecule has 1 heterocycles. The van der Waals surface area contributed by atoms with Gasteiger partial charge in [-0.15, -0.1) is 0 Å². The van der Waals surface area contributed by atoms with E-state index < -0.39 is 33.7 Å². The van der Waals surface area contributed by atoms with Crippen LogP contribution in [0.15, 0.2) is 54.1 Å². The summed E-state index contributed by atoms with van der Waals surface area (Å²) in [6, 6.07) is 9.87. The van der Waals surface area contributed by atoms with E-state index in [1.807, 2.05) is 0 Å². The lowest BCUT2D eigenvalue weighted by Gasteiger charge is -2.28. The second-order valence-electron chi connectivity index (χ2n) is 9.66. The van der Waals surface area contributed by atoms with Crippen molar-refractivity contribution in [2.24, 2.45) is 0 Å². The summed E-state index contributed by atoms with van der Waals surface area (Å²) in [4.78, 5) is 39.0. The molecule has 0 radical (unpaired) electrons. The number of Topliss-reactive ketones (excluding diaryl/α,β-unsaturated/α-hetero) is 1. The molecule has 3 rings (SSSR count). The topological polar surface area (TPSA) is 150 Å². The highest BCUT2D eigenvalue weighted by Gasteiger charge is 2.48. The highest BCUT2D eigenvalue weighted by Crippen LogP contribution is 2.44. The Morgan fingerprint density at radius 1 is 0.923 bits per heavy atom. The first-order chi connectivity index (χ1) is 18.7. The van der Waals surface area contributed by atoms with Crippen LogP contribution in [0, 0.1) is 20.2 Å². The van der Waals surface area contributed by atoms with Crippen LogP contribution in [-0.4, -0.2) is 68.0 Å². The number of aliphatic hydroxyl groups is 2. The van der Waals surface area contributed by atoms with E-state index in [4.69, 9.17) is 0 Å². The molecule has 2 aromatic carbocycles. The molecule has 2 N–H and O–H groups in total. The fourth-order valence-electron chi connectivity index (χ4n) is 4.92. The first kappa shape index (κ1) is 29.9. The highest BCUT2D eigenvalue weighted by atomic mass is 16.6. The normalized spacial score (nSPS) is 19.0. The van der Waals surface area contributed by atoms with Gasteiger partial charge < -0.3 is 15.1 Å². The number of nitro benzene ring substituents is 2. The van der Waals surface area contributed by atoms with Gasteiger partial charge in [-0.3, -0.25) is 29.9 Å². The molecule has 0 saturated carbocycles. The minimum absolute atomic E-state index is 0.131. The van der Waals surface area contributed by atoms with E-state index in [9.17, 15) is 35.2 Å². The van der Waals surface area contributed by atoms with Crippen LogP contribution in [0.3, 0.4) is 0 Å². The average molecular weight is 541 g/mol. The number of nitro groups is 2. The molecule has 2 aromatic rings. The van der Waals surface area contributed by atoms with Crippen LogP contribution in [0.1, 0.15) is 63.1 Å². The lowest BCUT2D eigenvalue weighted by atomic mass is 9.94. The number of ketones is 1. The average Bonchev–Trinajstić information content (AvgIpc) is 3.18. The third-order valence-corrected chi connectivity index (χ3v) is 7.00. The zero-order valence-electron chi connectivity index (χ0n) is 22.4. The molecular formula is C28H36N4O7. The maximum atomic E-state index is 13.4. The summed E-state index contributed by atoms with van der Waals surface area (Å²) in [7, 11) is 0. The molecular weight excluding hydrogens is 504 g/mol. The number of para-hydroxylation sites is 1. The summed E-state index contributed by atoms with van der Waals surface area (Å²) >= 11 is 0. The monoisotopic (exact) mass is 540 g/mol. The van der Waals surface area contributed by atoms with E-state index in [1.54, 1.807) is 6.07 Å². The molecule has 1 aliphatic heterocycles. The number of likely N-dealkylation sites (tertiary alicyclic amines) is 1. The molecule has 11 heteroatoms. The summed E-state index contributed by atoms with van der Waals surface area (Å²) in [5, 5.41) is 45.1. The van der Waals surface area contributed by atoms with Crippen molar-refractivity contribution in [2.45, 2.75) is 58.2 Å². The van der Waals surface area contributed by atoms with Gasteiger partial charge >= 0.3 is 0 Å². The summed E-state index contributed by atoms with van der Waals surface area (Å²) in [5.41, 5.74) is -0.311. The summed E-state index contributed by atoms with van der Waals surface area (Å²) in [6.45, 7) is 7.14. The number of rotatable bonds is 14. The second kappa shape index (κ2) is 13.9. The molecule has 0 aliphatic carbocycles. The van der Waals surface area contributed by atoms with Crippen molar-refractivity contribution < 1.29 is 24.9 Å². The smallest absolute Gasteiger partial charge is 0.274 e. The van der Waals surface area contributed by atoms with Crippen LogP contribution >= 0.6 is 0 Å². The van der Waals surface area contributed by atoms with Gasteiger partial charge in [-0.05, 0) is 51.0 Å². The molecule has 0 spiro atoms. The number of benzene rings is 2. The molecule has 1 fully saturated rings. The molecule has 210 valence electrons. The molecule has 1 saturated heterocycles. The van der Waals surface area contributed by atoms with Crippen molar-refractivity contribution in [1.82, 2.24) is 9.80 Å². The number of non-ortho nitro benzene ring substituents is 1. The van der Waals surface area contributed by atoms with Crippen LogP contribution < -0.4 is 0 Å². The predicted molar refractivity (Wildman–Crippen MR) is 147 cm³/mol. The molecule has 1 aliphatic rings. The van der Waals surface area contributed by atoms with Gasteiger partial charge in [0.1, 0.15) is 5.76 Å². The third kappa shape index (κ3) is 7.05. The number of nitrogens with zero attached hydrogens (tertiary/aromatic N) is 4. The molecule has 0 amide bonds. The number of unbranched alkanes of at least 4 members (excludes halogenated alkanes) is 2. The van der Waals surface area contributed by atoms with Crippen LogP contribution in [0.4, 0.5) is 11.4 Å². The number of hydrogen-bond acceptors (Lipinski definition) is 9. The Bertz CT molecular complexity index is 1190. The molecule has 0 bridgehead atoms. The minimum atomic E-state index is -1.61. The van der Waals surface area contributed by atoms with Gasteiger partial charge in [-0.1, -0.05) is 44.9 Å². The SMILES string of the molecule is CCCCN(CCCC)CCCN1C(O)C(=O)/C(=C(\O)c2ccc([N+](=O)[O-])cc2)C1c1ccccc1[N+](=O)[O-]. The zero-order valence-corrected chi connectivity index (χ0v) is 22.4. The third-order valence-electron chi connectivity index (χ3n) is 7.00. The van der Waals surface area contributed by atoms with Crippen molar-refractivity contribution in [2.75, 3.05) is 26.2 Å². The van der Waals surface area contributed by atoms with Crippen molar-refractivity contribution in [3.8, 4) is 0 Å². The van der Waals surface area contributed by atoms with Crippen LogP contribution in [0.5, 0.6) is 0 Å².